The number of hydrogen-bond acceptors (Lipinski definition) is 49. The number of nitrogens with one attached hydrogen (secondary N) is 7. The number of aliphatic hydroxyl groups excluding tert-OH is 14. The van der Waals surface area contributed by atoms with Crippen LogP contribution in [0.5, 0.6) is 0 Å². The van der Waals surface area contributed by atoms with Gasteiger partial charge in [0.15, 0.2) is 44.0 Å². The molecule has 63 heteroatoms. The van der Waals surface area contributed by atoms with Gasteiger partial charge in [-0.15, -0.1) is 0 Å². The summed E-state index contributed by atoms with van der Waals surface area (Å²) in [5.41, 5.74) is 0. The fraction of sp³-hybridized carbons (Fsp3) is 0.827. The van der Waals surface area contributed by atoms with Crippen molar-refractivity contribution in [2.45, 2.75) is 319 Å². The number of thioether (sulfide) groups is 7. The lowest BCUT2D eigenvalue weighted by molar-refractivity contribution is -0.390. The summed E-state index contributed by atoms with van der Waals surface area (Å²) < 4.78 is 88.3. The molecule has 0 aromatic heterocycles. The molecule has 24 aliphatic rings. The van der Waals surface area contributed by atoms with Crippen molar-refractivity contribution < 1.29 is 241 Å². The number of amides is 7. The van der Waals surface area contributed by atoms with E-state index < -0.39 is 416 Å². The molecule has 24 heterocycles. The van der Waals surface area contributed by atoms with Gasteiger partial charge in [-0.05, 0) is 12.8 Å². The first-order chi connectivity index (χ1) is 67.8. The Morgan fingerprint density at radius 1 is 0.222 bits per heavy atom. The summed E-state index contributed by atoms with van der Waals surface area (Å²) in [7, 11) is 0. The van der Waals surface area contributed by atoms with E-state index in [-0.39, 0.29) is 30.8 Å². The molecule has 822 valence electrons. The summed E-state index contributed by atoms with van der Waals surface area (Å²) in [4.78, 5) is 173. The fourth-order valence-corrected chi connectivity index (χ4v) is 24.0. The van der Waals surface area contributed by atoms with Crippen LogP contribution in [0.2, 0.25) is 0 Å². The molecule has 28 N–H and O–H groups in total. The number of rotatable bonds is 42. The maximum absolute atomic E-state index is 12.6. The molecule has 14 bridgehead atoms. The van der Waals surface area contributed by atoms with Gasteiger partial charge in [0, 0.05) is 142 Å². The van der Waals surface area contributed by atoms with E-state index in [2.05, 4.69) is 37.2 Å². The van der Waals surface area contributed by atoms with Crippen LogP contribution in [0.15, 0.2) is 0 Å². The van der Waals surface area contributed by atoms with Crippen molar-refractivity contribution in [3.05, 3.63) is 0 Å². The summed E-state index contributed by atoms with van der Waals surface area (Å²) >= 11 is 4.99. The highest BCUT2D eigenvalue weighted by Gasteiger charge is 2.60. The number of carboxylic acid groups (broad SMARTS) is 7. The smallest absolute Gasteiger partial charge is 0.327 e. The van der Waals surface area contributed by atoms with E-state index in [0.29, 0.717) is 58.8 Å². The minimum Gasteiger partial charge on any atom is -0.480 e. The zero-order valence-corrected chi connectivity index (χ0v) is 83.9. The van der Waals surface area contributed by atoms with Gasteiger partial charge in [-0.2, -0.15) is 82.3 Å². The largest absolute Gasteiger partial charge is 0.480 e. The zero-order valence-electron chi connectivity index (χ0n) is 78.2. The lowest BCUT2D eigenvalue weighted by atomic mass is 9.85. The van der Waals surface area contributed by atoms with E-state index in [1.807, 2.05) is 0 Å². The van der Waals surface area contributed by atoms with Crippen LogP contribution in [-0.2, 0) is 133 Å². The summed E-state index contributed by atoms with van der Waals surface area (Å²) in [5.74, 6) is -24.9. The molecule has 7 amide bonds. The van der Waals surface area contributed by atoms with Gasteiger partial charge in [-0.1, -0.05) is 6.42 Å². The lowest BCUT2D eigenvalue weighted by Gasteiger charge is -2.50. The molecule has 35 unspecified atom stereocenters. The van der Waals surface area contributed by atoms with Crippen LogP contribution in [-0.4, -0.2) is 529 Å². The summed E-state index contributed by atoms with van der Waals surface area (Å²) in [6.07, 6.45) is -73.4. The predicted octanol–water partition coefficient (Wildman–Crippen LogP) is -11.5. The molecule has 144 heavy (non-hydrogen) atoms. The first-order valence-corrected chi connectivity index (χ1v) is 53.1. The van der Waals surface area contributed by atoms with Gasteiger partial charge in [0.25, 0.3) is 0 Å². The van der Waals surface area contributed by atoms with Gasteiger partial charge in [0.1, 0.15) is 158 Å². The average molecular weight is 2210 g/mol. The summed E-state index contributed by atoms with van der Waals surface area (Å²) in [6.45, 7) is 6.65. The molecule has 0 aromatic rings. The van der Waals surface area contributed by atoms with Gasteiger partial charge in [0.05, 0.1) is 48.8 Å². The topological polar surface area (TPSA) is 877 Å². The molecule has 0 radical (unpaired) electrons. The van der Waals surface area contributed by atoms with Crippen LogP contribution in [0, 0.1) is 5.92 Å². The van der Waals surface area contributed by atoms with Gasteiger partial charge < -0.3 is 211 Å². The minimum atomic E-state index is -2.52. The van der Waals surface area contributed by atoms with Crippen LogP contribution in [0.1, 0.15) is 67.7 Å². The number of carbonyl (C=O) groups is 14. The molecule has 24 saturated heterocycles. The first-order valence-electron chi connectivity index (χ1n) is 45.0. The third kappa shape index (κ3) is 35.5. The van der Waals surface area contributed by atoms with Crippen LogP contribution in [0.3, 0.4) is 0 Å². The number of ether oxygens (including phenoxy) is 14. The van der Waals surface area contributed by atoms with Gasteiger partial charge in [0.2, 0.25) is 41.4 Å². The molecule has 0 saturated carbocycles. The van der Waals surface area contributed by atoms with Gasteiger partial charge >= 0.3 is 41.8 Å². The Kier molecular flexibility index (Phi) is 50.0. The van der Waals surface area contributed by atoms with E-state index in [1.54, 1.807) is 0 Å². The number of fused-ring (bicyclic) bond motifs is 1. The normalized spacial score (nSPS) is 36.5. The number of aliphatic carboxylic acids is 7. The van der Waals surface area contributed by atoms with Crippen LogP contribution >= 0.6 is 82.3 Å². The molecule has 0 spiro atoms. The van der Waals surface area contributed by atoms with Crippen molar-refractivity contribution in [1.82, 2.24) is 37.2 Å². The number of carbonyl (C=O) groups excluding carboxylic acids is 7. The third-order valence-corrected chi connectivity index (χ3v) is 31.3. The highest BCUT2D eigenvalue weighted by Crippen LogP contribution is 2.43. The van der Waals surface area contributed by atoms with Crippen LogP contribution < -0.4 is 37.2 Å². The van der Waals surface area contributed by atoms with E-state index in [0.717, 1.165) is 72.0 Å². The Balaban J connectivity index is 1.26. The maximum atomic E-state index is 12.6. The number of hydrogen-bond donors (Lipinski definition) is 28. The standard InChI is InChI=1S/C81H127N7O49S7/c1-26(89)82-34(68(110)111)12-138-19-41-33-10-8-9-11-124-75-56(104)49(97)62(42(126-75)20-139-13-35(69(112)113)83-27(2)90)133-77-58(106)51(99)64(44(128-77)22-141-15-37(71(116)117)85-29(4)92)135-79-60(108)53(101)66(46(130-79)24-143-17-39(73(120)121)87-31(6)94)137-81-61(109)54(102)67(47(131-81)25-144-18-40(74(122)123)88-32(7)95)136-80-59(107)52(100)65(45(129-80)23-142-16-38(72(118)119)86-30(5)93)134-78-57(105)50(98)63(132-76(125-41)55(103)48(33)96)43(127-78)21-140-14-36(70(114)115)84-28(3)91/h33-67,75-81,96-109H,8-25H2,1-7H3,(H,82,89)(H,83,90)(H,84,91)(H,85,92)(H,86,93)(H,87,94)(H,88,95)(H,110,111)(H,112,113)(H,114,115)(H,116,117)(H,118,119)(H,120,121)(H,122,123)/t33?,34-,35-,36-,37-,38-,39-,40-,41?,42?,43?,44?,45?,46?,47?,48?,49?,50?,51?,52?,53?,54?,55?,56?,57?,58?,59?,60?,61?,62?,63?,64?,65?,66?,67?,75?,76?,77?,78?,79?,80?,81?/m0/s1. The van der Waals surface area contributed by atoms with E-state index in [9.17, 15) is 174 Å². The Hall–Kier alpha value is -6.09. The molecule has 0 aliphatic carbocycles. The van der Waals surface area contributed by atoms with Crippen molar-refractivity contribution >= 4 is 165 Å². The predicted molar refractivity (Wildman–Crippen MR) is 495 cm³/mol. The SMILES string of the molecule is CC(=O)N[C@@H](CSCC1OC2OC3C(CSC[C@H](NC(C)=O)C(=O)O)OC(OC4C(CSC[C@H](NC(C)=O)C(=O)O)OC(OC5C(CSC[C@H](NC(C)=O)C(=O)O)OC(OC6C(CSC[C@H](NC(C)=O)C(=O)O)OC(OC7C(CSC[C@H](NC(C)=O)C(=O)O)OC(OC8C(CSC[C@H](NC(C)=O)C(=O)O)OC(OCCCCC1C(O)C2O)C(O)C8O)C(O)C7O)C(O)C6O)C(O)C5O)C(O)C4O)C(O)C3O)C(=O)O. The zero-order chi connectivity index (χ0) is 107. The Bertz CT molecular complexity index is 4230. The molecule has 0 aromatic carbocycles. The molecule has 56 nitrogen and oxygen atoms in total. The molecule has 24 fully saturated rings. The minimum absolute atomic E-state index is 0.0263. The van der Waals surface area contributed by atoms with Crippen molar-refractivity contribution in [2.75, 3.05) is 87.1 Å². The highest BCUT2D eigenvalue weighted by molar-refractivity contribution is 8.00. The van der Waals surface area contributed by atoms with Crippen LogP contribution in [0.25, 0.3) is 0 Å². The Labute approximate surface area is 850 Å². The summed E-state index contributed by atoms with van der Waals surface area (Å²) in [5, 5.41) is 260. The lowest BCUT2D eigenvalue weighted by Crippen LogP contribution is -2.68. The second-order valence-corrected chi connectivity index (χ2v) is 42.2. The monoisotopic (exact) mass is 2210 g/mol. The van der Waals surface area contributed by atoms with Gasteiger partial charge in [-0.3, -0.25) is 33.6 Å². The maximum Gasteiger partial charge on any atom is 0.327 e. The average Bonchev–Trinajstić information content (AvgIpc) is 0.766. The van der Waals surface area contributed by atoms with E-state index >= 15 is 0 Å². The van der Waals surface area contributed by atoms with Crippen molar-refractivity contribution in [1.29, 1.82) is 0 Å². The molecular weight excluding hydrogens is 2080 g/mol. The number of aliphatic hydroxyl groups is 14. The molecule has 42 atom stereocenters. The molecule has 24 rings (SSSR count). The second kappa shape index (κ2) is 58.5. The van der Waals surface area contributed by atoms with Crippen molar-refractivity contribution in [2.24, 2.45) is 5.92 Å². The van der Waals surface area contributed by atoms with Crippen molar-refractivity contribution in [3.63, 3.8) is 0 Å². The molecular formula is C81H127N7O49S7. The highest BCUT2D eigenvalue weighted by atomic mass is 32.2. The van der Waals surface area contributed by atoms with Gasteiger partial charge in [-0.25, -0.2) is 33.6 Å². The Morgan fingerprint density at radius 3 is 0.562 bits per heavy atom. The quantitative estimate of drug-likeness (QED) is 0.0270. The Morgan fingerprint density at radius 2 is 0.382 bits per heavy atom. The summed E-state index contributed by atoms with van der Waals surface area (Å²) in [6, 6.07) is -11.4. The van der Waals surface area contributed by atoms with E-state index in [4.69, 9.17) is 66.3 Å². The third-order valence-electron chi connectivity index (χ3n) is 23.4. The second-order valence-electron chi connectivity index (χ2n) is 34.7. The van der Waals surface area contributed by atoms with Crippen LogP contribution in [0.4, 0.5) is 0 Å². The fourth-order valence-electron chi connectivity index (χ4n) is 16.2. The number of carboxylic acids is 7. The van der Waals surface area contributed by atoms with Crippen molar-refractivity contribution in [3.8, 4) is 0 Å². The first kappa shape index (κ1) is 123. The molecule has 24 aliphatic heterocycles. The van der Waals surface area contributed by atoms with E-state index in [1.165, 1.54) is 0 Å².